The van der Waals surface area contributed by atoms with E-state index in [1.165, 1.54) is 19.3 Å². The number of rotatable bonds is 18. The minimum absolute atomic E-state index is 0.151. The third kappa shape index (κ3) is 36.7. The van der Waals surface area contributed by atoms with Gasteiger partial charge in [0.2, 0.25) is 0 Å². The number of ketones is 4. The second-order valence-corrected chi connectivity index (χ2v) is 11.0. The average Bonchev–Trinajstić information content (AvgIpc) is 2.86. The summed E-state index contributed by atoms with van der Waals surface area (Å²) < 4.78 is 0. The number of carbonyl (C=O) groups excluding carboxylic acids is 4. The van der Waals surface area contributed by atoms with Crippen LogP contribution in [-0.2, 0) is 19.2 Å². The van der Waals surface area contributed by atoms with Crippen molar-refractivity contribution >= 4 is 23.1 Å². The Labute approximate surface area is 235 Å². The lowest BCUT2D eigenvalue weighted by Gasteiger charge is -2.02. The molecule has 0 aromatic rings. The molecule has 0 heterocycles. The van der Waals surface area contributed by atoms with Crippen LogP contribution in [-0.4, -0.2) is 42.8 Å². The summed E-state index contributed by atoms with van der Waals surface area (Å²) >= 11 is 0. The number of unbranched alkanes of at least 4 members (excludes halogenated alkanes) is 4. The summed E-state index contributed by atoms with van der Waals surface area (Å²) in [6.07, 6.45) is 10.2. The molecule has 0 saturated carbocycles. The van der Waals surface area contributed by atoms with Crippen LogP contribution < -0.4 is 17.2 Å². The fraction of sp³-hybridized carbons (Fsp3) is 0.871. The molecule has 0 aromatic heterocycles. The first-order chi connectivity index (χ1) is 17.7. The molecule has 228 valence electrons. The van der Waals surface area contributed by atoms with Gasteiger partial charge in [-0.1, -0.05) is 81.6 Å². The summed E-state index contributed by atoms with van der Waals surface area (Å²) in [6.45, 7) is 19.4. The van der Waals surface area contributed by atoms with Gasteiger partial charge in [-0.2, -0.15) is 0 Å². The molecule has 0 atom stereocenters. The highest BCUT2D eigenvalue weighted by Crippen LogP contribution is 2.07. The van der Waals surface area contributed by atoms with Gasteiger partial charge >= 0.3 is 0 Å². The fourth-order valence-corrected chi connectivity index (χ4v) is 2.74. The van der Waals surface area contributed by atoms with E-state index in [0.29, 0.717) is 56.2 Å². The van der Waals surface area contributed by atoms with Gasteiger partial charge in [0.15, 0.2) is 0 Å². The molecule has 0 spiro atoms. The molecule has 0 unspecified atom stereocenters. The van der Waals surface area contributed by atoms with Gasteiger partial charge in [-0.25, -0.2) is 0 Å². The van der Waals surface area contributed by atoms with Crippen LogP contribution in [0, 0.1) is 23.7 Å². The second kappa shape index (κ2) is 31.8. The minimum atomic E-state index is 0.151. The highest BCUT2D eigenvalue weighted by molar-refractivity contribution is 5.81. The summed E-state index contributed by atoms with van der Waals surface area (Å²) in [6, 6.07) is 0. The van der Waals surface area contributed by atoms with Crippen molar-refractivity contribution in [3.05, 3.63) is 0 Å². The van der Waals surface area contributed by atoms with Crippen molar-refractivity contribution in [2.75, 3.05) is 19.6 Å². The highest BCUT2D eigenvalue weighted by atomic mass is 16.1. The van der Waals surface area contributed by atoms with Crippen molar-refractivity contribution in [1.29, 1.82) is 0 Å². The minimum Gasteiger partial charge on any atom is -0.330 e. The predicted octanol–water partition coefficient (Wildman–Crippen LogP) is 6.03. The summed E-state index contributed by atoms with van der Waals surface area (Å²) in [5, 5.41) is 0. The fourth-order valence-electron chi connectivity index (χ4n) is 2.74. The first-order valence-electron chi connectivity index (χ1n) is 14.9. The van der Waals surface area contributed by atoms with Crippen LogP contribution in [0.15, 0.2) is 0 Å². The van der Waals surface area contributed by atoms with Gasteiger partial charge < -0.3 is 17.2 Å². The first kappa shape index (κ1) is 43.6. The van der Waals surface area contributed by atoms with Crippen molar-refractivity contribution in [1.82, 2.24) is 0 Å². The maximum absolute atomic E-state index is 11.1. The van der Waals surface area contributed by atoms with E-state index in [2.05, 4.69) is 6.92 Å². The molecule has 0 aliphatic heterocycles. The molecule has 7 heteroatoms. The van der Waals surface area contributed by atoms with Crippen molar-refractivity contribution in [3.8, 4) is 0 Å². The number of hydrogen-bond donors (Lipinski definition) is 3. The SMILES string of the molecule is CC(C)C(=O)CCCCN.CC(C)C(=O)CCCN.CC(C)C(=O)CCN.CCCCCCC(=O)C(C)C. The summed E-state index contributed by atoms with van der Waals surface area (Å²) in [7, 11) is 0. The topological polar surface area (TPSA) is 146 Å². The zero-order valence-electron chi connectivity index (χ0n) is 26.6. The Hall–Kier alpha value is -1.44. The van der Waals surface area contributed by atoms with Crippen LogP contribution in [0.4, 0.5) is 0 Å². The van der Waals surface area contributed by atoms with Crippen LogP contribution in [0.1, 0.15) is 133 Å². The lowest BCUT2D eigenvalue weighted by molar-refractivity contribution is -0.122. The Kier molecular flexibility index (Phi) is 36.5. The summed E-state index contributed by atoms with van der Waals surface area (Å²) in [4.78, 5) is 43.6. The molecule has 0 aliphatic carbocycles. The summed E-state index contributed by atoms with van der Waals surface area (Å²) in [5.74, 6) is 2.10. The molecular formula is C31H65N3O4. The first-order valence-corrected chi connectivity index (χ1v) is 14.9. The lowest BCUT2D eigenvalue weighted by atomic mass is 10.0. The van der Waals surface area contributed by atoms with Crippen molar-refractivity contribution < 1.29 is 19.2 Å². The maximum Gasteiger partial charge on any atom is 0.136 e. The van der Waals surface area contributed by atoms with Gasteiger partial charge in [-0.15, -0.1) is 0 Å². The van der Waals surface area contributed by atoms with Crippen molar-refractivity contribution in [3.63, 3.8) is 0 Å². The van der Waals surface area contributed by atoms with E-state index in [1.807, 2.05) is 55.4 Å². The Balaban J connectivity index is -0.000000204. The van der Waals surface area contributed by atoms with Crippen molar-refractivity contribution in [2.24, 2.45) is 40.9 Å². The van der Waals surface area contributed by atoms with Gasteiger partial charge in [-0.3, -0.25) is 19.2 Å². The van der Waals surface area contributed by atoms with E-state index in [0.717, 1.165) is 32.1 Å². The van der Waals surface area contributed by atoms with E-state index in [4.69, 9.17) is 17.2 Å². The number of Topliss-reactive ketones (excluding diaryl/α,β-unsaturated/α-hetero) is 4. The van der Waals surface area contributed by atoms with E-state index in [-0.39, 0.29) is 29.5 Å². The van der Waals surface area contributed by atoms with Crippen molar-refractivity contribution in [2.45, 2.75) is 133 Å². The van der Waals surface area contributed by atoms with Gasteiger partial charge in [-0.05, 0) is 45.3 Å². The van der Waals surface area contributed by atoms with Crippen LogP contribution in [0.2, 0.25) is 0 Å². The molecule has 6 N–H and O–H groups in total. The standard InChI is InChI=1S/C10H20O.C8H17NO.C7H15NO.C6H13NO/c1-4-5-6-7-8-10(11)9(2)3;1-7(2)8(10)5-3-4-6-9;1-6(2)7(9)4-3-5-8;1-5(2)6(8)3-4-7/h9H,4-8H2,1-3H3;7H,3-6,9H2,1-2H3;6H,3-5,8H2,1-2H3;5H,3-4,7H2,1-2H3. The van der Waals surface area contributed by atoms with E-state index in [1.54, 1.807) is 0 Å². The highest BCUT2D eigenvalue weighted by Gasteiger charge is 2.06. The van der Waals surface area contributed by atoms with Gasteiger partial charge in [0, 0.05) is 49.4 Å². The maximum atomic E-state index is 11.1. The third-order valence-corrected chi connectivity index (χ3v) is 5.75. The van der Waals surface area contributed by atoms with Crippen LogP contribution in [0.3, 0.4) is 0 Å². The number of carbonyl (C=O) groups is 4. The molecule has 0 saturated heterocycles. The lowest BCUT2D eigenvalue weighted by Crippen LogP contribution is -2.12. The second-order valence-electron chi connectivity index (χ2n) is 11.0. The molecular weight excluding hydrogens is 478 g/mol. The average molecular weight is 544 g/mol. The van der Waals surface area contributed by atoms with Crippen LogP contribution in [0.5, 0.6) is 0 Å². The molecule has 7 nitrogen and oxygen atoms in total. The Morgan fingerprint density at radius 1 is 0.421 bits per heavy atom. The Bertz CT molecular complexity index is 573. The predicted molar refractivity (Wildman–Crippen MR) is 163 cm³/mol. The van der Waals surface area contributed by atoms with Crippen LogP contribution >= 0.6 is 0 Å². The normalized spacial score (nSPS) is 10.3. The third-order valence-electron chi connectivity index (χ3n) is 5.75. The zero-order valence-corrected chi connectivity index (χ0v) is 26.6. The monoisotopic (exact) mass is 543 g/mol. The zero-order chi connectivity index (χ0) is 30.5. The molecule has 0 aromatic carbocycles. The van der Waals surface area contributed by atoms with Crippen LogP contribution in [0.25, 0.3) is 0 Å². The smallest absolute Gasteiger partial charge is 0.136 e. The molecule has 0 aliphatic rings. The van der Waals surface area contributed by atoms with E-state index in [9.17, 15) is 19.2 Å². The molecule has 0 radical (unpaired) electrons. The quantitative estimate of drug-likeness (QED) is 0.179. The molecule has 0 amide bonds. The number of hydrogen-bond acceptors (Lipinski definition) is 7. The molecule has 38 heavy (non-hydrogen) atoms. The molecule has 0 bridgehead atoms. The van der Waals surface area contributed by atoms with E-state index >= 15 is 0 Å². The molecule has 0 rings (SSSR count). The molecule has 0 fully saturated rings. The van der Waals surface area contributed by atoms with Gasteiger partial charge in [0.05, 0.1) is 0 Å². The largest absolute Gasteiger partial charge is 0.330 e. The summed E-state index contributed by atoms with van der Waals surface area (Å²) in [5.41, 5.74) is 15.7. The number of nitrogens with two attached hydrogens (primary N) is 3. The van der Waals surface area contributed by atoms with Gasteiger partial charge in [0.25, 0.3) is 0 Å². The Morgan fingerprint density at radius 3 is 1.00 bits per heavy atom. The Morgan fingerprint density at radius 2 is 0.737 bits per heavy atom. The van der Waals surface area contributed by atoms with Gasteiger partial charge in [0.1, 0.15) is 23.1 Å². The van der Waals surface area contributed by atoms with E-state index < -0.39 is 0 Å².